The maximum absolute atomic E-state index is 11.2. The number of para-hydroxylation sites is 1. The Balaban J connectivity index is 1.82. The first kappa shape index (κ1) is 14.1. The van der Waals surface area contributed by atoms with Crippen LogP contribution in [0.5, 0.6) is 0 Å². The number of aliphatic carboxylic acids is 1. The van der Waals surface area contributed by atoms with E-state index in [9.17, 15) is 9.90 Å². The van der Waals surface area contributed by atoms with E-state index in [1.165, 1.54) is 22.0 Å². The minimum Gasteiger partial charge on any atom is -0.480 e. The molecule has 0 saturated carbocycles. The smallest absolute Gasteiger partial charge is 0.325 e. The molecule has 0 bridgehead atoms. The summed E-state index contributed by atoms with van der Waals surface area (Å²) in [6, 6.07) is 6.32. The molecule has 1 aliphatic rings. The summed E-state index contributed by atoms with van der Waals surface area (Å²) in [6.07, 6.45) is 3.53. The first-order valence-electron chi connectivity index (χ1n) is 7.36. The minimum atomic E-state index is -1.10. The van der Waals surface area contributed by atoms with E-state index in [1.807, 2.05) is 6.20 Å². The van der Waals surface area contributed by atoms with Crippen LogP contribution in [0, 0.1) is 0 Å². The van der Waals surface area contributed by atoms with E-state index < -0.39 is 11.5 Å². The highest BCUT2D eigenvalue weighted by Crippen LogP contribution is 2.26. The molecule has 5 heteroatoms. The van der Waals surface area contributed by atoms with Crippen LogP contribution in [0.2, 0.25) is 0 Å². The average molecular weight is 287 g/mol. The van der Waals surface area contributed by atoms with Crippen LogP contribution >= 0.6 is 0 Å². The van der Waals surface area contributed by atoms with Gasteiger partial charge in [0.15, 0.2) is 0 Å². The summed E-state index contributed by atoms with van der Waals surface area (Å²) in [6.45, 7) is 4.01. The molecule has 1 aromatic carbocycles. The highest BCUT2D eigenvalue weighted by Gasteiger charge is 2.41. The molecule has 5 nitrogen and oxygen atoms in total. The molecule has 2 aromatic rings. The van der Waals surface area contributed by atoms with Gasteiger partial charge >= 0.3 is 5.97 Å². The number of likely N-dealkylation sites (tertiary alicyclic amines) is 1. The van der Waals surface area contributed by atoms with Crippen molar-refractivity contribution >= 4 is 16.9 Å². The van der Waals surface area contributed by atoms with Gasteiger partial charge in [-0.15, -0.1) is 0 Å². The third-order valence-corrected chi connectivity index (χ3v) is 4.47. The number of carbonyl (C=O) groups is 1. The molecule has 112 valence electrons. The van der Waals surface area contributed by atoms with Gasteiger partial charge in [0.05, 0.1) is 0 Å². The molecular weight excluding hydrogens is 266 g/mol. The number of carboxylic acid groups (broad SMARTS) is 1. The van der Waals surface area contributed by atoms with Gasteiger partial charge in [-0.25, -0.2) is 0 Å². The van der Waals surface area contributed by atoms with Crippen LogP contribution in [-0.2, 0) is 17.8 Å². The Labute approximate surface area is 123 Å². The van der Waals surface area contributed by atoms with Crippen molar-refractivity contribution in [2.24, 2.45) is 5.73 Å². The number of nitrogens with zero attached hydrogens (tertiary/aromatic N) is 1. The van der Waals surface area contributed by atoms with Crippen LogP contribution < -0.4 is 5.73 Å². The Morgan fingerprint density at radius 1 is 1.48 bits per heavy atom. The zero-order valence-electron chi connectivity index (χ0n) is 12.2. The summed E-state index contributed by atoms with van der Waals surface area (Å²) in [5.41, 5.74) is 8.53. The van der Waals surface area contributed by atoms with Gasteiger partial charge in [-0.3, -0.25) is 9.69 Å². The van der Waals surface area contributed by atoms with Crippen molar-refractivity contribution in [1.29, 1.82) is 0 Å². The molecule has 3 rings (SSSR count). The molecule has 1 saturated heterocycles. The predicted octanol–water partition coefficient (Wildman–Crippen LogP) is 1.72. The van der Waals surface area contributed by atoms with Gasteiger partial charge in [0, 0.05) is 36.7 Å². The number of rotatable bonds is 4. The van der Waals surface area contributed by atoms with Crippen LogP contribution in [0.1, 0.15) is 24.5 Å². The van der Waals surface area contributed by atoms with E-state index in [-0.39, 0.29) is 0 Å². The number of carboxylic acids is 1. The quantitative estimate of drug-likeness (QED) is 0.799. The van der Waals surface area contributed by atoms with E-state index in [2.05, 4.69) is 35.0 Å². The molecule has 1 aliphatic heterocycles. The van der Waals surface area contributed by atoms with E-state index in [4.69, 9.17) is 5.73 Å². The Morgan fingerprint density at radius 3 is 2.95 bits per heavy atom. The molecule has 1 atom stereocenters. The highest BCUT2D eigenvalue weighted by atomic mass is 16.4. The maximum Gasteiger partial charge on any atom is 0.325 e. The number of aryl methyl sites for hydroxylation is 1. The maximum atomic E-state index is 11.2. The topological polar surface area (TPSA) is 82.3 Å². The number of aromatic nitrogens is 1. The zero-order chi connectivity index (χ0) is 15.0. The fraction of sp³-hybridized carbons (Fsp3) is 0.438. The highest BCUT2D eigenvalue weighted by molar-refractivity contribution is 5.86. The summed E-state index contributed by atoms with van der Waals surface area (Å²) in [5, 5.41) is 10.4. The minimum absolute atomic E-state index is 0.405. The zero-order valence-corrected chi connectivity index (χ0v) is 12.2. The Kier molecular flexibility index (Phi) is 3.47. The lowest BCUT2D eigenvalue weighted by atomic mass is 10.0. The first-order chi connectivity index (χ1) is 10.0. The van der Waals surface area contributed by atoms with E-state index in [0.29, 0.717) is 13.0 Å². The van der Waals surface area contributed by atoms with Crippen LogP contribution in [-0.4, -0.2) is 39.6 Å². The van der Waals surface area contributed by atoms with Crippen LogP contribution in [0.25, 0.3) is 10.9 Å². The van der Waals surface area contributed by atoms with Crippen LogP contribution in [0.15, 0.2) is 24.4 Å². The second-order valence-corrected chi connectivity index (χ2v) is 5.93. The lowest BCUT2D eigenvalue weighted by Gasteiger charge is -2.19. The molecule has 4 N–H and O–H groups in total. The van der Waals surface area contributed by atoms with Crippen molar-refractivity contribution in [3.8, 4) is 0 Å². The average Bonchev–Trinajstić information content (AvgIpc) is 3.04. The van der Waals surface area contributed by atoms with Gasteiger partial charge in [0.1, 0.15) is 5.54 Å². The number of aromatic amines is 1. The lowest BCUT2D eigenvalue weighted by molar-refractivity contribution is -0.142. The van der Waals surface area contributed by atoms with E-state index in [1.54, 1.807) is 0 Å². The summed E-state index contributed by atoms with van der Waals surface area (Å²) in [4.78, 5) is 16.7. The Hall–Kier alpha value is -1.85. The van der Waals surface area contributed by atoms with Gasteiger partial charge < -0.3 is 15.8 Å². The molecular formula is C16H21N3O2. The van der Waals surface area contributed by atoms with Crippen molar-refractivity contribution in [3.05, 3.63) is 35.5 Å². The lowest BCUT2D eigenvalue weighted by Crippen LogP contribution is -2.50. The van der Waals surface area contributed by atoms with Gasteiger partial charge in [0.2, 0.25) is 0 Å². The second kappa shape index (κ2) is 5.16. The van der Waals surface area contributed by atoms with E-state index in [0.717, 1.165) is 19.5 Å². The van der Waals surface area contributed by atoms with Gasteiger partial charge in [-0.1, -0.05) is 25.1 Å². The normalized spacial score (nSPS) is 23.0. The SMILES string of the molecule is CCc1cccc2c(CN3CCC(N)(C(=O)O)C3)c[nH]c12. The fourth-order valence-corrected chi connectivity index (χ4v) is 3.17. The number of hydrogen-bond donors (Lipinski definition) is 3. The summed E-state index contributed by atoms with van der Waals surface area (Å²) in [7, 11) is 0. The number of benzene rings is 1. The Bertz CT molecular complexity index is 679. The van der Waals surface area contributed by atoms with Crippen molar-refractivity contribution in [2.45, 2.75) is 31.8 Å². The third-order valence-electron chi connectivity index (χ3n) is 4.47. The number of hydrogen-bond acceptors (Lipinski definition) is 3. The number of fused-ring (bicyclic) bond motifs is 1. The summed E-state index contributed by atoms with van der Waals surface area (Å²) in [5.74, 6) is -0.905. The molecule has 1 aromatic heterocycles. The van der Waals surface area contributed by atoms with Gasteiger partial charge in [-0.2, -0.15) is 0 Å². The number of H-pyrrole nitrogens is 1. The fourth-order valence-electron chi connectivity index (χ4n) is 3.17. The predicted molar refractivity (Wildman–Crippen MR) is 82.1 cm³/mol. The standard InChI is InChI=1S/C16H21N3O2/c1-2-11-4-3-5-13-12(8-18-14(11)13)9-19-7-6-16(17,10-19)15(20)21/h3-5,8,18H,2,6-7,9-10,17H2,1H3,(H,20,21). The van der Waals surface area contributed by atoms with E-state index >= 15 is 0 Å². The first-order valence-corrected chi connectivity index (χ1v) is 7.36. The molecule has 0 radical (unpaired) electrons. The molecule has 0 amide bonds. The van der Waals surface area contributed by atoms with Gasteiger partial charge in [-0.05, 0) is 24.0 Å². The van der Waals surface area contributed by atoms with Crippen molar-refractivity contribution in [1.82, 2.24) is 9.88 Å². The third kappa shape index (κ3) is 2.43. The molecule has 0 aliphatic carbocycles. The summed E-state index contributed by atoms with van der Waals surface area (Å²) >= 11 is 0. The molecule has 2 heterocycles. The monoisotopic (exact) mass is 287 g/mol. The Morgan fingerprint density at radius 2 is 2.29 bits per heavy atom. The van der Waals surface area contributed by atoms with Crippen LogP contribution in [0.4, 0.5) is 0 Å². The largest absolute Gasteiger partial charge is 0.480 e. The molecule has 1 fully saturated rings. The molecule has 21 heavy (non-hydrogen) atoms. The second-order valence-electron chi connectivity index (χ2n) is 5.93. The number of nitrogens with two attached hydrogens (primary N) is 1. The molecule has 1 unspecified atom stereocenters. The molecule has 0 spiro atoms. The van der Waals surface area contributed by atoms with Crippen LogP contribution in [0.3, 0.4) is 0 Å². The van der Waals surface area contributed by atoms with Crippen molar-refractivity contribution in [2.75, 3.05) is 13.1 Å². The van der Waals surface area contributed by atoms with Crippen molar-refractivity contribution < 1.29 is 9.90 Å². The number of nitrogens with one attached hydrogen (secondary N) is 1. The van der Waals surface area contributed by atoms with Crippen molar-refractivity contribution in [3.63, 3.8) is 0 Å². The van der Waals surface area contributed by atoms with Gasteiger partial charge in [0.25, 0.3) is 0 Å². The summed E-state index contributed by atoms with van der Waals surface area (Å²) < 4.78 is 0.